The van der Waals surface area contributed by atoms with Gasteiger partial charge in [-0.15, -0.1) is 13.2 Å². The van der Waals surface area contributed by atoms with Crippen molar-refractivity contribution in [1.29, 1.82) is 0 Å². The van der Waals surface area contributed by atoms with Gasteiger partial charge in [0.05, 0.1) is 6.20 Å². The first-order chi connectivity index (χ1) is 16.9. The van der Waals surface area contributed by atoms with Crippen LogP contribution in [-0.2, 0) is 11.3 Å². The Hall–Kier alpha value is -2.81. The van der Waals surface area contributed by atoms with Crippen molar-refractivity contribution in [3.05, 3.63) is 54.2 Å². The number of pyridine rings is 1. The number of likely N-dealkylation sites (tertiary alicyclic amines) is 1. The molecule has 2 aromatic rings. The summed E-state index contributed by atoms with van der Waals surface area (Å²) < 4.78 is 40.8. The van der Waals surface area contributed by atoms with Crippen molar-refractivity contribution in [3.63, 3.8) is 0 Å². The lowest BCUT2D eigenvalue weighted by molar-refractivity contribution is -0.274. The molecule has 0 unspecified atom stereocenters. The summed E-state index contributed by atoms with van der Waals surface area (Å²) in [6.07, 6.45) is 1.10. The predicted molar refractivity (Wildman–Crippen MR) is 128 cm³/mol. The first kappa shape index (κ1) is 25.3. The number of nitrogens with zero attached hydrogens (tertiary/aromatic N) is 3. The SMILES string of the molecule is O=C(NCCC1CCN(Cc2ccccc2)CC1)C1CCN(c2ccc(OC(F)(F)F)cn2)CC1. The van der Waals surface area contributed by atoms with Crippen LogP contribution in [0.15, 0.2) is 48.7 Å². The van der Waals surface area contributed by atoms with Crippen molar-refractivity contribution >= 4 is 11.7 Å². The molecule has 4 rings (SSSR count). The number of amides is 1. The van der Waals surface area contributed by atoms with Crippen molar-refractivity contribution in [3.8, 4) is 5.75 Å². The second-order valence-corrected chi connectivity index (χ2v) is 9.45. The van der Waals surface area contributed by atoms with E-state index in [-0.39, 0.29) is 17.6 Å². The van der Waals surface area contributed by atoms with Crippen LogP contribution in [0.25, 0.3) is 0 Å². The molecule has 1 aromatic carbocycles. The Morgan fingerprint density at radius 2 is 1.71 bits per heavy atom. The summed E-state index contributed by atoms with van der Waals surface area (Å²) >= 11 is 0. The van der Waals surface area contributed by atoms with Crippen molar-refractivity contribution in [2.45, 2.75) is 45.0 Å². The van der Waals surface area contributed by atoms with E-state index in [0.717, 1.165) is 32.3 Å². The molecule has 0 saturated carbocycles. The van der Waals surface area contributed by atoms with E-state index in [1.54, 1.807) is 0 Å². The molecule has 0 bridgehead atoms. The van der Waals surface area contributed by atoms with E-state index in [2.05, 4.69) is 44.2 Å². The van der Waals surface area contributed by atoms with E-state index >= 15 is 0 Å². The molecule has 2 fully saturated rings. The molecule has 1 amide bonds. The van der Waals surface area contributed by atoms with E-state index in [1.807, 2.05) is 11.0 Å². The molecule has 0 atom stereocenters. The molecule has 0 aliphatic carbocycles. The molecule has 0 radical (unpaired) electrons. The number of hydrogen-bond acceptors (Lipinski definition) is 5. The van der Waals surface area contributed by atoms with Crippen molar-refractivity contribution in [2.75, 3.05) is 37.6 Å². The Labute approximate surface area is 204 Å². The first-order valence-corrected chi connectivity index (χ1v) is 12.4. The minimum absolute atomic E-state index is 0.0354. The molecule has 2 saturated heterocycles. The average Bonchev–Trinajstić information content (AvgIpc) is 2.85. The molecule has 1 aromatic heterocycles. The van der Waals surface area contributed by atoms with Gasteiger partial charge in [-0.3, -0.25) is 9.69 Å². The zero-order chi connectivity index (χ0) is 24.7. The Morgan fingerprint density at radius 1 is 1.00 bits per heavy atom. The van der Waals surface area contributed by atoms with Crippen LogP contribution in [0, 0.1) is 11.8 Å². The van der Waals surface area contributed by atoms with Crippen LogP contribution in [-0.4, -0.2) is 54.9 Å². The fourth-order valence-electron chi connectivity index (χ4n) is 4.94. The minimum Gasteiger partial charge on any atom is -0.404 e. The van der Waals surface area contributed by atoms with Gasteiger partial charge < -0.3 is 15.0 Å². The predicted octanol–water partition coefficient (Wildman–Crippen LogP) is 4.62. The molecule has 2 aliphatic heterocycles. The number of hydrogen-bond donors (Lipinski definition) is 1. The highest BCUT2D eigenvalue weighted by molar-refractivity contribution is 5.78. The molecular weight excluding hydrogens is 457 g/mol. The highest BCUT2D eigenvalue weighted by atomic mass is 19.4. The molecule has 9 heteroatoms. The average molecular weight is 491 g/mol. The van der Waals surface area contributed by atoms with Gasteiger partial charge in [0.15, 0.2) is 0 Å². The van der Waals surface area contributed by atoms with Gasteiger partial charge in [0.2, 0.25) is 5.91 Å². The number of ether oxygens (including phenoxy) is 1. The number of carbonyl (C=O) groups is 1. The highest BCUT2D eigenvalue weighted by Crippen LogP contribution is 2.26. The number of alkyl halides is 3. The number of anilines is 1. The van der Waals surface area contributed by atoms with E-state index in [4.69, 9.17) is 0 Å². The molecule has 2 aliphatic rings. The molecule has 3 heterocycles. The molecular formula is C26H33F3N4O2. The summed E-state index contributed by atoms with van der Waals surface area (Å²) in [5.41, 5.74) is 1.35. The van der Waals surface area contributed by atoms with Crippen molar-refractivity contribution < 1.29 is 22.7 Å². The van der Waals surface area contributed by atoms with E-state index in [9.17, 15) is 18.0 Å². The largest absolute Gasteiger partial charge is 0.573 e. The lowest BCUT2D eigenvalue weighted by Crippen LogP contribution is -2.41. The van der Waals surface area contributed by atoms with Gasteiger partial charge in [-0.05, 0) is 68.8 Å². The zero-order valence-electron chi connectivity index (χ0n) is 19.8. The standard InChI is InChI=1S/C26H33F3N4O2/c27-26(28,29)35-23-6-7-24(31-18-23)33-16-11-22(12-17-33)25(34)30-13-8-20-9-14-32(15-10-20)19-21-4-2-1-3-5-21/h1-7,18,20,22H,8-17,19H2,(H,30,34). The van der Waals surface area contributed by atoms with Crippen LogP contribution < -0.4 is 15.0 Å². The topological polar surface area (TPSA) is 57.7 Å². The normalized spacial score (nSPS) is 18.4. The van der Waals surface area contributed by atoms with Gasteiger partial charge in [0, 0.05) is 32.1 Å². The van der Waals surface area contributed by atoms with Gasteiger partial charge in [0.1, 0.15) is 11.6 Å². The fourth-order valence-corrected chi connectivity index (χ4v) is 4.94. The highest BCUT2D eigenvalue weighted by Gasteiger charge is 2.31. The third kappa shape index (κ3) is 7.85. The van der Waals surface area contributed by atoms with Crippen LogP contribution in [0.4, 0.5) is 19.0 Å². The van der Waals surface area contributed by atoms with Crippen LogP contribution in [0.5, 0.6) is 5.75 Å². The number of piperidine rings is 2. The number of carbonyl (C=O) groups excluding carboxylic acids is 1. The second kappa shape index (κ2) is 11.7. The Morgan fingerprint density at radius 3 is 2.34 bits per heavy atom. The Bertz CT molecular complexity index is 924. The van der Waals surface area contributed by atoms with E-state index in [0.29, 0.717) is 44.2 Å². The van der Waals surface area contributed by atoms with Gasteiger partial charge in [-0.1, -0.05) is 30.3 Å². The molecule has 190 valence electrons. The van der Waals surface area contributed by atoms with Crippen molar-refractivity contribution in [2.24, 2.45) is 11.8 Å². The number of rotatable bonds is 8. The summed E-state index contributed by atoms with van der Waals surface area (Å²) in [6, 6.07) is 13.3. The fraction of sp³-hybridized carbons (Fsp3) is 0.538. The monoisotopic (exact) mass is 490 g/mol. The lowest BCUT2D eigenvalue weighted by Gasteiger charge is -2.33. The van der Waals surface area contributed by atoms with Crippen molar-refractivity contribution in [1.82, 2.24) is 15.2 Å². The summed E-state index contributed by atoms with van der Waals surface area (Å²) in [6.45, 7) is 5.20. The van der Waals surface area contributed by atoms with Gasteiger partial charge in [-0.2, -0.15) is 0 Å². The quantitative estimate of drug-likeness (QED) is 0.586. The third-order valence-corrected chi connectivity index (χ3v) is 6.95. The summed E-state index contributed by atoms with van der Waals surface area (Å²) in [4.78, 5) is 21.2. The van der Waals surface area contributed by atoms with Crippen LogP contribution in [0.2, 0.25) is 0 Å². The number of nitrogens with one attached hydrogen (secondary N) is 1. The van der Waals surface area contributed by atoms with Gasteiger partial charge in [-0.25, -0.2) is 4.98 Å². The van der Waals surface area contributed by atoms with Crippen LogP contribution in [0.1, 0.15) is 37.7 Å². The van der Waals surface area contributed by atoms with Crippen LogP contribution in [0.3, 0.4) is 0 Å². The zero-order valence-corrected chi connectivity index (χ0v) is 19.8. The summed E-state index contributed by atoms with van der Waals surface area (Å²) in [5.74, 6) is 0.980. The van der Waals surface area contributed by atoms with Gasteiger partial charge >= 0.3 is 6.36 Å². The Balaban J connectivity index is 1.11. The minimum atomic E-state index is -4.73. The smallest absolute Gasteiger partial charge is 0.404 e. The molecule has 0 spiro atoms. The maximum atomic E-state index is 12.6. The van der Waals surface area contributed by atoms with E-state index in [1.165, 1.54) is 30.5 Å². The summed E-state index contributed by atoms with van der Waals surface area (Å²) in [7, 11) is 0. The second-order valence-electron chi connectivity index (χ2n) is 9.45. The van der Waals surface area contributed by atoms with Crippen LogP contribution >= 0.6 is 0 Å². The Kier molecular flexibility index (Phi) is 8.49. The van der Waals surface area contributed by atoms with E-state index < -0.39 is 6.36 Å². The number of halogens is 3. The first-order valence-electron chi connectivity index (χ1n) is 12.4. The lowest BCUT2D eigenvalue weighted by atomic mass is 9.92. The maximum absolute atomic E-state index is 12.6. The number of aromatic nitrogens is 1. The number of benzene rings is 1. The maximum Gasteiger partial charge on any atom is 0.573 e. The molecule has 1 N–H and O–H groups in total. The molecule has 6 nitrogen and oxygen atoms in total. The third-order valence-electron chi connectivity index (χ3n) is 6.95. The molecule has 35 heavy (non-hydrogen) atoms. The van der Waals surface area contributed by atoms with Gasteiger partial charge in [0.25, 0.3) is 0 Å². The summed E-state index contributed by atoms with van der Waals surface area (Å²) in [5, 5.41) is 3.12.